The zero-order valence-corrected chi connectivity index (χ0v) is 21.6. The summed E-state index contributed by atoms with van der Waals surface area (Å²) in [6.45, 7) is 7.01. The first kappa shape index (κ1) is 26.0. The van der Waals surface area contributed by atoms with Crippen molar-refractivity contribution in [1.29, 1.82) is 0 Å². The predicted molar refractivity (Wildman–Crippen MR) is 128 cm³/mol. The van der Waals surface area contributed by atoms with Crippen molar-refractivity contribution in [2.45, 2.75) is 44.7 Å². The van der Waals surface area contributed by atoms with Crippen LogP contribution in [0.25, 0.3) is 0 Å². The number of aromatic nitrogens is 1. The minimum Gasteiger partial charge on any atom is -0.486 e. The first-order valence-electron chi connectivity index (χ1n) is 11.2. The van der Waals surface area contributed by atoms with Gasteiger partial charge in [-0.3, -0.25) is 4.79 Å². The van der Waals surface area contributed by atoms with Crippen LogP contribution >= 0.6 is 0 Å². The highest BCUT2D eigenvalue weighted by Gasteiger charge is 2.37. The van der Waals surface area contributed by atoms with E-state index in [1.807, 2.05) is 32.0 Å². The fraction of sp³-hybridized carbons (Fsp3) is 0.565. The fourth-order valence-electron chi connectivity index (χ4n) is 4.15. The number of aryl methyl sites for hydroxylation is 2. The Morgan fingerprint density at radius 1 is 1.26 bits per heavy atom. The number of fused-ring (bicyclic) bond motifs is 1. The van der Waals surface area contributed by atoms with Crippen LogP contribution in [0.2, 0.25) is 0 Å². The van der Waals surface area contributed by atoms with E-state index in [9.17, 15) is 18.3 Å². The monoisotopic (exact) mass is 494 g/mol. The Balaban J connectivity index is 2.05. The summed E-state index contributed by atoms with van der Waals surface area (Å²) in [5, 5.41) is 13.6. The van der Waals surface area contributed by atoms with E-state index in [0.717, 1.165) is 0 Å². The van der Waals surface area contributed by atoms with Crippen molar-refractivity contribution in [1.82, 2.24) is 14.4 Å². The molecule has 0 fully saturated rings. The molecule has 1 amide bonds. The summed E-state index contributed by atoms with van der Waals surface area (Å²) >= 11 is 0. The van der Waals surface area contributed by atoms with Crippen LogP contribution in [0, 0.1) is 19.8 Å². The summed E-state index contributed by atoms with van der Waals surface area (Å²) in [5.74, 6) is 0.156. The Kier molecular flexibility index (Phi) is 7.59. The summed E-state index contributed by atoms with van der Waals surface area (Å²) in [5.41, 5.74) is 1.38. The summed E-state index contributed by atoms with van der Waals surface area (Å²) in [6.07, 6.45) is -0.568. The van der Waals surface area contributed by atoms with E-state index >= 15 is 0 Å². The number of carbonyl (C=O) groups excluding carboxylic acids is 1. The number of hydrogen-bond donors (Lipinski definition) is 1. The summed E-state index contributed by atoms with van der Waals surface area (Å²) in [6, 6.07) is 4.91. The Morgan fingerprint density at radius 2 is 1.94 bits per heavy atom. The van der Waals surface area contributed by atoms with Gasteiger partial charge in [-0.15, -0.1) is 0 Å². The molecular formula is C23H34N4O6S. The molecule has 0 bridgehead atoms. The molecule has 2 aromatic rings. The third kappa shape index (κ3) is 4.77. The van der Waals surface area contributed by atoms with Crippen LogP contribution in [-0.4, -0.2) is 86.8 Å². The quantitative estimate of drug-likeness (QED) is 0.620. The Morgan fingerprint density at radius 3 is 2.50 bits per heavy atom. The molecule has 0 radical (unpaired) electrons. The van der Waals surface area contributed by atoms with Crippen LogP contribution in [0.5, 0.6) is 5.75 Å². The maximum absolute atomic E-state index is 13.4. The molecule has 2 heterocycles. The second kappa shape index (κ2) is 9.93. The minimum atomic E-state index is -3.88. The van der Waals surface area contributed by atoms with Crippen LogP contribution in [0.3, 0.4) is 0 Å². The van der Waals surface area contributed by atoms with Crippen molar-refractivity contribution in [2.24, 2.45) is 5.92 Å². The van der Waals surface area contributed by atoms with E-state index in [4.69, 9.17) is 9.26 Å². The number of benzene rings is 1. The van der Waals surface area contributed by atoms with Crippen LogP contribution in [0.15, 0.2) is 27.6 Å². The number of ether oxygens (including phenoxy) is 1. The fourth-order valence-corrected chi connectivity index (χ4v) is 5.61. The first-order chi connectivity index (χ1) is 15.9. The SMILES string of the molecule is Cc1noc(C)c1S(=O)(=O)N(C)C[C@@H]1Oc2c(cccc2N(C)C)C(=O)N([C@@H](C)CO)C[C@H]1C. The standard InChI is InChI=1S/C23H34N4O6S/c1-14-11-27(15(2)13-28)23(29)18-9-8-10-19(25(5)6)21(18)32-20(14)12-26(7)34(30,31)22-16(3)24-33-17(22)4/h8-10,14-15,20,28H,11-13H2,1-7H3/t14-,15+,20+/m1/s1. The number of aliphatic hydroxyl groups excluding tert-OH is 1. The summed E-state index contributed by atoms with van der Waals surface area (Å²) < 4.78 is 39.4. The van der Waals surface area contributed by atoms with Crippen molar-refractivity contribution < 1.29 is 27.6 Å². The Bertz CT molecular complexity index is 1130. The van der Waals surface area contributed by atoms with Crippen LogP contribution < -0.4 is 9.64 Å². The molecule has 11 heteroatoms. The van der Waals surface area contributed by atoms with Gasteiger partial charge in [0.1, 0.15) is 16.7 Å². The summed E-state index contributed by atoms with van der Waals surface area (Å²) in [4.78, 5) is 16.9. The largest absolute Gasteiger partial charge is 0.486 e. The lowest BCUT2D eigenvalue weighted by molar-refractivity contribution is 0.0388. The number of hydrogen-bond acceptors (Lipinski definition) is 8. The highest BCUT2D eigenvalue weighted by atomic mass is 32.2. The highest BCUT2D eigenvalue weighted by Crippen LogP contribution is 2.36. The molecule has 0 saturated heterocycles. The molecule has 1 aliphatic heterocycles. The normalized spacial score (nSPS) is 19.9. The van der Waals surface area contributed by atoms with Crippen molar-refractivity contribution in [3.05, 3.63) is 35.2 Å². The molecule has 3 rings (SSSR count). The third-order valence-electron chi connectivity index (χ3n) is 6.23. The third-order valence-corrected chi connectivity index (χ3v) is 8.29. The molecule has 0 aliphatic carbocycles. The van der Waals surface area contributed by atoms with Gasteiger partial charge in [0.05, 0.1) is 30.4 Å². The zero-order valence-electron chi connectivity index (χ0n) is 20.8. The van der Waals surface area contributed by atoms with Gasteiger partial charge in [-0.1, -0.05) is 18.1 Å². The lowest BCUT2D eigenvalue weighted by Crippen LogP contribution is -2.50. The van der Waals surface area contributed by atoms with Crippen LogP contribution in [0.1, 0.15) is 35.7 Å². The van der Waals surface area contributed by atoms with E-state index in [0.29, 0.717) is 29.2 Å². The number of aliphatic hydroxyl groups is 1. The van der Waals surface area contributed by atoms with Gasteiger partial charge in [0.2, 0.25) is 10.0 Å². The van der Waals surface area contributed by atoms with Crippen molar-refractivity contribution >= 4 is 21.6 Å². The maximum atomic E-state index is 13.4. The van der Waals surface area contributed by atoms with Crippen LogP contribution in [-0.2, 0) is 10.0 Å². The van der Waals surface area contributed by atoms with E-state index in [1.54, 1.807) is 37.8 Å². The smallest absolute Gasteiger partial charge is 0.258 e. The number of likely N-dealkylation sites (N-methyl/N-ethyl adjacent to an activating group) is 1. The second-order valence-electron chi connectivity index (χ2n) is 9.11. The molecule has 1 aromatic carbocycles. The van der Waals surface area contributed by atoms with Gasteiger partial charge in [-0.25, -0.2) is 8.42 Å². The lowest BCUT2D eigenvalue weighted by Gasteiger charge is -2.38. The van der Waals surface area contributed by atoms with E-state index < -0.39 is 22.2 Å². The van der Waals surface area contributed by atoms with Gasteiger partial charge in [-0.05, 0) is 32.9 Å². The average Bonchev–Trinajstić information content (AvgIpc) is 3.13. The molecule has 188 valence electrons. The topological polar surface area (TPSA) is 116 Å². The first-order valence-corrected chi connectivity index (χ1v) is 12.6. The summed E-state index contributed by atoms with van der Waals surface area (Å²) in [7, 11) is 1.31. The molecule has 1 aromatic heterocycles. The van der Waals surface area contributed by atoms with Crippen molar-refractivity contribution in [3.63, 3.8) is 0 Å². The van der Waals surface area contributed by atoms with E-state index in [2.05, 4.69) is 5.16 Å². The van der Waals surface area contributed by atoms with Gasteiger partial charge in [0, 0.05) is 33.6 Å². The number of carbonyl (C=O) groups is 1. The van der Waals surface area contributed by atoms with Gasteiger partial charge >= 0.3 is 0 Å². The Labute approximate surface area is 201 Å². The number of nitrogens with zero attached hydrogens (tertiary/aromatic N) is 4. The van der Waals surface area contributed by atoms with Gasteiger partial charge in [0.25, 0.3) is 5.91 Å². The van der Waals surface area contributed by atoms with Gasteiger partial charge in [-0.2, -0.15) is 4.31 Å². The number of amides is 1. The Hall–Kier alpha value is -2.63. The van der Waals surface area contributed by atoms with Crippen molar-refractivity contribution in [3.8, 4) is 5.75 Å². The number of para-hydroxylation sites is 1. The molecule has 1 N–H and O–H groups in total. The van der Waals surface area contributed by atoms with E-state index in [-0.39, 0.29) is 35.6 Å². The molecule has 0 unspecified atom stereocenters. The average molecular weight is 495 g/mol. The molecule has 0 saturated carbocycles. The number of sulfonamides is 1. The maximum Gasteiger partial charge on any atom is 0.258 e. The highest BCUT2D eigenvalue weighted by molar-refractivity contribution is 7.89. The van der Waals surface area contributed by atoms with Gasteiger partial charge < -0.3 is 24.2 Å². The molecular weight excluding hydrogens is 460 g/mol. The minimum absolute atomic E-state index is 0.0459. The molecule has 34 heavy (non-hydrogen) atoms. The predicted octanol–water partition coefficient (Wildman–Crippen LogP) is 1.90. The molecule has 3 atom stereocenters. The lowest BCUT2D eigenvalue weighted by atomic mass is 9.99. The molecule has 0 spiro atoms. The zero-order chi connectivity index (χ0) is 25.4. The van der Waals surface area contributed by atoms with E-state index in [1.165, 1.54) is 11.4 Å². The number of rotatable bonds is 7. The molecule has 10 nitrogen and oxygen atoms in total. The van der Waals surface area contributed by atoms with Gasteiger partial charge in [0.15, 0.2) is 11.5 Å². The van der Waals surface area contributed by atoms with Crippen LogP contribution in [0.4, 0.5) is 5.69 Å². The number of anilines is 1. The molecule has 1 aliphatic rings. The van der Waals surface area contributed by atoms with Crippen molar-refractivity contribution in [2.75, 3.05) is 45.7 Å². The second-order valence-corrected chi connectivity index (χ2v) is 11.1.